The molecule has 1 aromatic carbocycles. The van der Waals surface area contributed by atoms with Crippen molar-refractivity contribution in [3.63, 3.8) is 0 Å². The third-order valence-corrected chi connectivity index (χ3v) is 3.66. The summed E-state index contributed by atoms with van der Waals surface area (Å²) in [6.45, 7) is 3.51. The summed E-state index contributed by atoms with van der Waals surface area (Å²) in [5, 5.41) is 14.2. The highest BCUT2D eigenvalue weighted by molar-refractivity contribution is 5.93. The van der Waals surface area contributed by atoms with Crippen LogP contribution in [0.1, 0.15) is 29.8 Å². The number of hydrogen-bond donors (Lipinski definition) is 2. The minimum absolute atomic E-state index is 0.384. The Morgan fingerprint density at radius 1 is 1.18 bits per heavy atom. The van der Waals surface area contributed by atoms with Gasteiger partial charge in [0.25, 0.3) is 0 Å². The van der Waals surface area contributed by atoms with Crippen molar-refractivity contribution in [3.05, 3.63) is 59.9 Å². The fraction of sp³-hybridized carbons (Fsp3) is 0.176. The third kappa shape index (κ3) is 2.58. The van der Waals surface area contributed by atoms with Crippen LogP contribution in [0.15, 0.2) is 48.8 Å². The van der Waals surface area contributed by atoms with Gasteiger partial charge >= 0.3 is 0 Å². The topological polar surface area (TPSA) is 80.6 Å². The minimum Gasteiger partial charge on any atom is -0.386 e. The van der Waals surface area contributed by atoms with Crippen molar-refractivity contribution in [2.75, 3.05) is 0 Å². The summed E-state index contributed by atoms with van der Waals surface area (Å²) in [6.07, 6.45) is 3.34. The molecule has 0 fully saturated rings. The van der Waals surface area contributed by atoms with E-state index in [-0.39, 0.29) is 0 Å². The van der Waals surface area contributed by atoms with Crippen molar-refractivity contribution in [1.82, 2.24) is 9.61 Å². The van der Waals surface area contributed by atoms with Gasteiger partial charge in [0, 0.05) is 11.8 Å². The van der Waals surface area contributed by atoms with Crippen molar-refractivity contribution in [2.24, 2.45) is 5.73 Å². The fourth-order valence-corrected chi connectivity index (χ4v) is 2.36. The summed E-state index contributed by atoms with van der Waals surface area (Å²) in [5.74, 6) is -0.493. The first kappa shape index (κ1) is 14.3. The van der Waals surface area contributed by atoms with Gasteiger partial charge in [-0.2, -0.15) is 5.10 Å². The van der Waals surface area contributed by atoms with Crippen LogP contribution in [0.3, 0.4) is 0 Å². The number of carbonyl (C=O) groups is 1. The maximum atomic E-state index is 11.2. The summed E-state index contributed by atoms with van der Waals surface area (Å²) in [5.41, 5.74) is 8.45. The van der Waals surface area contributed by atoms with Gasteiger partial charge < -0.3 is 10.8 Å². The highest BCUT2D eigenvalue weighted by atomic mass is 16.3. The van der Waals surface area contributed by atoms with Crippen LogP contribution in [-0.4, -0.2) is 20.6 Å². The second kappa shape index (κ2) is 4.96. The summed E-state index contributed by atoms with van der Waals surface area (Å²) in [4.78, 5) is 11.2. The predicted molar refractivity (Wildman–Crippen MR) is 84.4 cm³/mol. The molecule has 5 nitrogen and oxygen atoms in total. The molecule has 112 valence electrons. The number of fused-ring (bicyclic) bond motifs is 1. The van der Waals surface area contributed by atoms with Crippen molar-refractivity contribution >= 4 is 11.4 Å². The third-order valence-electron chi connectivity index (χ3n) is 3.66. The molecule has 1 amide bonds. The monoisotopic (exact) mass is 295 g/mol. The second-order valence-corrected chi connectivity index (χ2v) is 5.84. The molecular formula is C17H17N3O2. The van der Waals surface area contributed by atoms with Crippen molar-refractivity contribution in [2.45, 2.75) is 19.4 Å². The molecule has 0 atom stereocenters. The van der Waals surface area contributed by atoms with E-state index in [1.807, 2.05) is 36.5 Å². The van der Waals surface area contributed by atoms with Crippen molar-refractivity contribution < 1.29 is 9.90 Å². The highest BCUT2D eigenvalue weighted by Crippen LogP contribution is 2.26. The summed E-state index contributed by atoms with van der Waals surface area (Å²) < 4.78 is 1.70. The van der Waals surface area contributed by atoms with Gasteiger partial charge in [0.05, 0.1) is 22.9 Å². The van der Waals surface area contributed by atoms with Crippen LogP contribution in [0.5, 0.6) is 0 Å². The van der Waals surface area contributed by atoms with E-state index in [4.69, 9.17) is 5.73 Å². The Morgan fingerprint density at radius 2 is 1.86 bits per heavy atom. The molecule has 0 spiro atoms. The number of benzene rings is 1. The van der Waals surface area contributed by atoms with E-state index < -0.39 is 11.5 Å². The van der Waals surface area contributed by atoms with E-state index in [0.717, 1.165) is 22.2 Å². The van der Waals surface area contributed by atoms with Crippen LogP contribution in [-0.2, 0) is 5.60 Å². The Morgan fingerprint density at radius 3 is 2.45 bits per heavy atom. The first-order valence-corrected chi connectivity index (χ1v) is 6.96. The van der Waals surface area contributed by atoms with Gasteiger partial charge in [-0.25, -0.2) is 4.52 Å². The highest BCUT2D eigenvalue weighted by Gasteiger charge is 2.15. The van der Waals surface area contributed by atoms with E-state index >= 15 is 0 Å². The van der Waals surface area contributed by atoms with Crippen LogP contribution >= 0.6 is 0 Å². The molecule has 0 saturated carbocycles. The molecule has 0 radical (unpaired) electrons. The molecule has 0 aliphatic heterocycles. The number of aromatic nitrogens is 2. The zero-order valence-electron chi connectivity index (χ0n) is 12.4. The van der Waals surface area contributed by atoms with Crippen LogP contribution in [0.25, 0.3) is 16.6 Å². The molecule has 0 unspecified atom stereocenters. The smallest absolute Gasteiger partial charge is 0.250 e. The molecule has 22 heavy (non-hydrogen) atoms. The molecule has 0 bridgehead atoms. The maximum absolute atomic E-state index is 11.2. The molecule has 3 N–H and O–H groups in total. The quantitative estimate of drug-likeness (QED) is 0.778. The number of amides is 1. The van der Waals surface area contributed by atoms with E-state index in [2.05, 4.69) is 5.10 Å². The van der Waals surface area contributed by atoms with E-state index in [9.17, 15) is 9.90 Å². The van der Waals surface area contributed by atoms with Crippen molar-refractivity contribution in [3.8, 4) is 11.1 Å². The van der Waals surface area contributed by atoms with E-state index in [0.29, 0.717) is 5.56 Å². The number of carbonyl (C=O) groups excluding carboxylic acids is 1. The largest absolute Gasteiger partial charge is 0.386 e. The molecule has 3 aromatic rings. The first-order chi connectivity index (χ1) is 10.3. The molecule has 3 rings (SSSR count). The lowest BCUT2D eigenvalue weighted by Crippen LogP contribution is -2.14. The van der Waals surface area contributed by atoms with Crippen LogP contribution in [0.2, 0.25) is 0 Å². The SMILES string of the molecule is CC(C)(O)c1ccc(-c2cc3cc(C(N)=O)cnn3c2)cc1. The Labute approximate surface area is 128 Å². The number of nitrogens with two attached hydrogens (primary N) is 1. The second-order valence-electron chi connectivity index (χ2n) is 5.84. The summed E-state index contributed by atoms with van der Waals surface area (Å²) in [7, 11) is 0. The Bertz CT molecular complexity index is 842. The lowest BCUT2D eigenvalue weighted by atomic mass is 9.96. The number of hydrogen-bond acceptors (Lipinski definition) is 3. The minimum atomic E-state index is -0.859. The van der Waals surface area contributed by atoms with Gasteiger partial charge in [-0.15, -0.1) is 0 Å². The molecule has 0 aliphatic rings. The Kier molecular flexibility index (Phi) is 3.22. The first-order valence-electron chi connectivity index (χ1n) is 6.96. The van der Waals surface area contributed by atoms with Gasteiger partial charge in [0.2, 0.25) is 5.91 Å². The molecular weight excluding hydrogens is 278 g/mol. The Hall–Kier alpha value is -2.66. The molecule has 0 saturated heterocycles. The summed E-state index contributed by atoms with van der Waals surface area (Å²) >= 11 is 0. The van der Waals surface area contributed by atoms with Gasteiger partial charge in [0.15, 0.2) is 0 Å². The van der Waals surface area contributed by atoms with Crippen LogP contribution in [0, 0.1) is 0 Å². The molecule has 2 heterocycles. The normalized spacial score (nSPS) is 11.8. The molecule has 0 aliphatic carbocycles. The number of primary amides is 1. The number of aliphatic hydroxyl groups is 1. The van der Waals surface area contributed by atoms with Crippen LogP contribution < -0.4 is 5.73 Å². The lowest BCUT2D eigenvalue weighted by Gasteiger charge is -2.17. The summed E-state index contributed by atoms with van der Waals surface area (Å²) in [6, 6.07) is 11.4. The predicted octanol–water partition coefficient (Wildman–Crippen LogP) is 2.33. The van der Waals surface area contributed by atoms with E-state index in [1.54, 1.807) is 24.4 Å². The zero-order chi connectivity index (χ0) is 15.9. The van der Waals surface area contributed by atoms with Crippen molar-refractivity contribution in [1.29, 1.82) is 0 Å². The Balaban J connectivity index is 2.01. The zero-order valence-corrected chi connectivity index (χ0v) is 12.4. The van der Waals surface area contributed by atoms with Gasteiger partial charge in [-0.1, -0.05) is 24.3 Å². The number of nitrogens with zero attached hydrogens (tertiary/aromatic N) is 2. The van der Waals surface area contributed by atoms with Gasteiger partial charge in [-0.3, -0.25) is 4.79 Å². The standard InChI is InChI=1S/C17H17N3O2/c1-17(2,22)14-5-3-11(4-6-14)13-8-15-7-12(16(18)21)9-19-20(15)10-13/h3-10,22H,1-2H3,(H2,18,21). The van der Waals surface area contributed by atoms with Crippen LogP contribution in [0.4, 0.5) is 0 Å². The van der Waals surface area contributed by atoms with Gasteiger partial charge in [0.1, 0.15) is 0 Å². The fourth-order valence-electron chi connectivity index (χ4n) is 2.36. The van der Waals surface area contributed by atoms with E-state index in [1.165, 1.54) is 6.20 Å². The average molecular weight is 295 g/mol. The lowest BCUT2D eigenvalue weighted by molar-refractivity contribution is 0.0786. The average Bonchev–Trinajstić information content (AvgIpc) is 2.89. The number of rotatable bonds is 3. The molecule has 5 heteroatoms. The van der Waals surface area contributed by atoms with Gasteiger partial charge in [-0.05, 0) is 37.1 Å². The molecule has 2 aromatic heterocycles. The maximum Gasteiger partial charge on any atom is 0.250 e.